The Labute approximate surface area is 157 Å². The SMILES string of the molecule is Cc1onc(-c2ccc(C(F)(F)F)nc2)c1COc1cc2c(nn1)CNCC2. The van der Waals surface area contributed by atoms with Crippen LogP contribution in [0.1, 0.15) is 28.3 Å². The number of alkyl halides is 3. The van der Waals surface area contributed by atoms with E-state index in [4.69, 9.17) is 9.26 Å². The Bertz CT molecular complexity index is 986. The van der Waals surface area contributed by atoms with Gasteiger partial charge in [-0.1, -0.05) is 5.16 Å². The van der Waals surface area contributed by atoms with Crippen molar-refractivity contribution in [3.05, 3.63) is 52.7 Å². The summed E-state index contributed by atoms with van der Waals surface area (Å²) in [6.07, 6.45) is -2.53. The van der Waals surface area contributed by atoms with Crippen molar-refractivity contribution in [1.29, 1.82) is 0 Å². The maximum atomic E-state index is 12.7. The van der Waals surface area contributed by atoms with Crippen LogP contribution in [0.15, 0.2) is 28.9 Å². The summed E-state index contributed by atoms with van der Waals surface area (Å²) in [5.41, 5.74) is 2.42. The molecule has 0 saturated heterocycles. The number of hydrogen-bond donors (Lipinski definition) is 1. The molecule has 1 aliphatic rings. The van der Waals surface area contributed by atoms with Gasteiger partial charge < -0.3 is 14.6 Å². The standard InChI is InChI=1S/C18H16F3N5O2/c1-10-13(9-27-16-6-11-4-5-22-8-14(11)24-25-16)17(26-28-10)12-2-3-15(23-7-12)18(19,20)21/h2-3,6-7,22H,4-5,8-9H2,1H3. The molecule has 0 bridgehead atoms. The van der Waals surface area contributed by atoms with Crippen LogP contribution in [0, 0.1) is 6.92 Å². The summed E-state index contributed by atoms with van der Waals surface area (Å²) in [6, 6.07) is 4.07. The molecular formula is C18H16F3N5O2. The number of halogens is 3. The van der Waals surface area contributed by atoms with Crippen LogP contribution in [-0.2, 0) is 25.7 Å². The first-order valence-corrected chi connectivity index (χ1v) is 8.59. The van der Waals surface area contributed by atoms with E-state index in [0.717, 1.165) is 36.5 Å². The third-order valence-corrected chi connectivity index (χ3v) is 4.48. The molecule has 1 N–H and O–H groups in total. The molecule has 3 aromatic rings. The first-order valence-electron chi connectivity index (χ1n) is 8.59. The van der Waals surface area contributed by atoms with Crippen molar-refractivity contribution in [2.75, 3.05) is 6.54 Å². The fourth-order valence-electron chi connectivity index (χ4n) is 2.94. The lowest BCUT2D eigenvalue weighted by Gasteiger charge is -2.15. The first-order chi connectivity index (χ1) is 13.4. The Balaban J connectivity index is 1.54. The van der Waals surface area contributed by atoms with Crippen molar-refractivity contribution in [3.8, 4) is 17.1 Å². The van der Waals surface area contributed by atoms with Crippen LogP contribution in [-0.4, -0.2) is 26.9 Å². The Hall–Kier alpha value is -3.01. The summed E-state index contributed by atoms with van der Waals surface area (Å²) in [5, 5.41) is 15.4. The van der Waals surface area contributed by atoms with Crippen molar-refractivity contribution in [3.63, 3.8) is 0 Å². The second-order valence-electron chi connectivity index (χ2n) is 6.37. The number of rotatable bonds is 4. The van der Waals surface area contributed by atoms with E-state index in [9.17, 15) is 13.2 Å². The first kappa shape index (κ1) is 18.4. The average Bonchev–Trinajstić information content (AvgIpc) is 3.06. The molecule has 0 radical (unpaired) electrons. The molecule has 0 aliphatic carbocycles. The molecule has 0 spiro atoms. The van der Waals surface area contributed by atoms with Crippen molar-refractivity contribution in [1.82, 2.24) is 25.7 Å². The van der Waals surface area contributed by atoms with Gasteiger partial charge in [-0.25, -0.2) is 0 Å². The maximum Gasteiger partial charge on any atom is 0.433 e. The topological polar surface area (TPSA) is 86.0 Å². The van der Waals surface area contributed by atoms with Crippen LogP contribution >= 0.6 is 0 Å². The highest BCUT2D eigenvalue weighted by Gasteiger charge is 2.32. The minimum absolute atomic E-state index is 0.0946. The summed E-state index contributed by atoms with van der Waals surface area (Å²) >= 11 is 0. The van der Waals surface area contributed by atoms with Gasteiger partial charge in [0.2, 0.25) is 5.88 Å². The Kier molecular flexibility index (Phi) is 4.71. The highest BCUT2D eigenvalue weighted by atomic mass is 19.4. The normalized spacial score (nSPS) is 14.0. The number of ether oxygens (including phenoxy) is 1. The molecule has 1 aliphatic heterocycles. The van der Waals surface area contributed by atoms with E-state index in [1.807, 2.05) is 6.07 Å². The molecule has 0 amide bonds. The van der Waals surface area contributed by atoms with E-state index in [-0.39, 0.29) is 6.61 Å². The molecule has 28 heavy (non-hydrogen) atoms. The number of nitrogens with one attached hydrogen (secondary N) is 1. The Morgan fingerprint density at radius 1 is 1.25 bits per heavy atom. The summed E-state index contributed by atoms with van der Waals surface area (Å²) < 4.78 is 49.0. The second kappa shape index (κ2) is 7.19. The molecule has 7 nitrogen and oxygen atoms in total. The molecular weight excluding hydrogens is 375 g/mol. The van der Waals surface area contributed by atoms with E-state index < -0.39 is 11.9 Å². The number of hydrogen-bond acceptors (Lipinski definition) is 7. The lowest BCUT2D eigenvalue weighted by Crippen LogP contribution is -2.25. The Morgan fingerprint density at radius 2 is 2.11 bits per heavy atom. The van der Waals surface area contributed by atoms with Crippen molar-refractivity contribution in [2.24, 2.45) is 0 Å². The third-order valence-electron chi connectivity index (χ3n) is 4.48. The fraction of sp³-hybridized carbons (Fsp3) is 0.333. The van der Waals surface area contributed by atoms with Gasteiger partial charge in [0, 0.05) is 24.4 Å². The zero-order chi connectivity index (χ0) is 19.7. The van der Waals surface area contributed by atoms with Gasteiger partial charge in [0.15, 0.2) is 0 Å². The van der Waals surface area contributed by atoms with Gasteiger partial charge in [-0.05, 0) is 37.6 Å². The molecule has 4 heterocycles. The lowest BCUT2D eigenvalue weighted by molar-refractivity contribution is -0.141. The maximum absolute atomic E-state index is 12.7. The van der Waals surface area contributed by atoms with Gasteiger partial charge >= 0.3 is 6.18 Å². The predicted octanol–water partition coefficient (Wildman–Crippen LogP) is 3.08. The van der Waals surface area contributed by atoms with Gasteiger partial charge in [0.25, 0.3) is 0 Å². The number of nitrogens with zero attached hydrogens (tertiary/aromatic N) is 4. The summed E-state index contributed by atoms with van der Waals surface area (Å²) in [6.45, 7) is 3.35. The van der Waals surface area contributed by atoms with Crippen molar-refractivity contribution >= 4 is 0 Å². The van der Waals surface area contributed by atoms with E-state index in [0.29, 0.717) is 35.0 Å². The quantitative estimate of drug-likeness (QED) is 0.731. The van der Waals surface area contributed by atoms with E-state index >= 15 is 0 Å². The summed E-state index contributed by atoms with van der Waals surface area (Å²) in [7, 11) is 0. The van der Waals surface area contributed by atoms with Crippen LogP contribution in [0.25, 0.3) is 11.3 Å². The molecule has 0 saturated carbocycles. The number of pyridine rings is 1. The minimum atomic E-state index is -4.50. The number of aromatic nitrogens is 4. The molecule has 0 unspecified atom stereocenters. The number of fused-ring (bicyclic) bond motifs is 1. The lowest BCUT2D eigenvalue weighted by atomic mass is 10.1. The average molecular weight is 391 g/mol. The van der Waals surface area contributed by atoms with Gasteiger partial charge in [-0.2, -0.15) is 18.3 Å². The van der Waals surface area contributed by atoms with Crippen LogP contribution in [0.3, 0.4) is 0 Å². The summed E-state index contributed by atoms with van der Waals surface area (Å²) in [4.78, 5) is 3.47. The second-order valence-corrected chi connectivity index (χ2v) is 6.37. The molecule has 0 aromatic carbocycles. The molecule has 146 valence electrons. The number of aryl methyl sites for hydroxylation is 1. The largest absolute Gasteiger partial charge is 0.471 e. The minimum Gasteiger partial charge on any atom is -0.471 e. The van der Waals surface area contributed by atoms with Crippen LogP contribution in [0.2, 0.25) is 0 Å². The fourth-order valence-corrected chi connectivity index (χ4v) is 2.94. The zero-order valence-corrected chi connectivity index (χ0v) is 14.9. The Morgan fingerprint density at radius 3 is 2.86 bits per heavy atom. The molecule has 4 rings (SSSR count). The highest BCUT2D eigenvalue weighted by molar-refractivity contribution is 5.62. The summed E-state index contributed by atoms with van der Waals surface area (Å²) in [5.74, 6) is 0.878. The zero-order valence-electron chi connectivity index (χ0n) is 14.9. The molecule has 10 heteroatoms. The van der Waals surface area contributed by atoms with Gasteiger partial charge in [0.1, 0.15) is 23.8 Å². The highest BCUT2D eigenvalue weighted by Crippen LogP contribution is 2.30. The van der Waals surface area contributed by atoms with Gasteiger partial charge in [0.05, 0.1) is 11.3 Å². The monoisotopic (exact) mass is 391 g/mol. The van der Waals surface area contributed by atoms with Gasteiger partial charge in [-0.15, -0.1) is 5.10 Å². The van der Waals surface area contributed by atoms with Crippen LogP contribution in [0.5, 0.6) is 5.88 Å². The van der Waals surface area contributed by atoms with Crippen molar-refractivity contribution < 1.29 is 22.4 Å². The molecule has 0 fully saturated rings. The van der Waals surface area contributed by atoms with E-state index in [1.54, 1.807) is 6.92 Å². The molecule has 3 aromatic heterocycles. The van der Waals surface area contributed by atoms with E-state index in [1.165, 1.54) is 6.07 Å². The predicted molar refractivity (Wildman–Crippen MR) is 91.2 cm³/mol. The third kappa shape index (κ3) is 3.68. The van der Waals surface area contributed by atoms with Crippen LogP contribution < -0.4 is 10.1 Å². The van der Waals surface area contributed by atoms with Gasteiger partial charge in [-0.3, -0.25) is 4.98 Å². The van der Waals surface area contributed by atoms with Crippen molar-refractivity contribution in [2.45, 2.75) is 32.7 Å². The van der Waals surface area contributed by atoms with E-state index in [2.05, 4.69) is 25.7 Å². The molecule has 0 atom stereocenters. The smallest absolute Gasteiger partial charge is 0.433 e. The van der Waals surface area contributed by atoms with Crippen LogP contribution in [0.4, 0.5) is 13.2 Å².